The highest BCUT2D eigenvalue weighted by molar-refractivity contribution is 6.01. The van der Waals surface area contributed by atoms with E-state index in [0.717, 1.165) is 31.4 Å². The van der Waals surface area contributed by atoms with Gasteiger partial charge in [-0.1, -0.05) is 32.3 Å². The molecule has 0 spiro atoms. The van der Waals surface area contributed by atoms with Gasteiger partial charge in [-0.05, 0) is 49.8 Å². The number of amides is 4. The van der Waals surface area contributed by atoms with E-state index >= 15 is 0 Å². The zero-order chi connectivity index (χ0) is 23.7. The number of carbonyl (C=O) groups excluding carboxylic acids is 3. The van der Waals surface area contributed by atoms with Crippen LogP contribution in [0.25, 0.3) is 0 Å². The molecule has 3 rings (SSSR count). The number of unbranched alkanes of at least 4 members (excludes halogenated alkanes) is 3. The van der Waals surface area contributed by atoms with Gasteiger partial charge in [0.25, 0.3) is 0 Å². The highest BCUT2D eigenvalue weighted by Gasteiger charge is 2.32. The lowest BCUT2D eigenvalue weighted by Gasteiger charge is -2.21. The Morgan fingerprint density at radius 2 is 1.97 bits per heavy atom. The maximum Gasteiger partial charge on any atom is 0.326 e. The van der Waals surface area contributed by atoms with E-state index in [9.17, 15) is 18.8 Å². The largest absolute Gasteiger partial charge is 0.490 e. The minimum Gasteiger partial charge on any atom is -0.490 e. The first-order valence-electron chi connectivity index (χ1n) is 11.4. The van der Waals surface area contributed by atoms with Crippen molar-refractivity contribution in [2.24, 2.45) is 5.92 Å². The third kappa shape index (κ3) is 7.50. The molecular weight excluding hydrogens is 413 g/mol. The van der Waals surface area contributed by atoms with Crippen molar-refractivity contribution < 1.29 is 23.5 Å². The van der Waals surface area contributed by atoms with E-state index in [2.05, 4.69) is 6.92 Å². The zero-order valence-electron chi connectivity index (χ0n) is 19.7. The van der Waals surface area contributed by atoms with Crippen molar-refractivity contribution in [3.8, 4) is 5.75 Å². The quantitative estimate of drug-likeness (QED) is 0.288. The molecule has 2 aliphatic rings. The van der Waals surface area contributed by atoms with E-state index in [0.29, 0.717) is 12.5 Å². The number of nitrogens with zero attached hydrogens (tertiary/aromatic N) is 3. The number of hydrogen-bond acceptors (Lipinski definition) is 4. The monoisotopic (exact) mass is 449 g/mol. The topological polar surface area (TPSA) is 70.2 Å². The van der Waals surface area contributed by atoms with Crippen molar-refractivity contribution >= 4 is 18.3 Å². The number of carbonyl (C=O) groups is 3. The summed E-state index contributed by atoms with van der Waals surface area (Å²) in [4.78, 5) is 37.6. The molecule has 4 amide bonds. The number of benzene rings is 1. The van der Waals surface area contributed by atoms with E-state index in [4.69, 9.17) is 4.74 Å². The molecular formula is C24H36FN3O4. The Bertz CT molecular complexity index is 785. The first-order valence-corrected chi connectivity index (χ1v) is 11.4. The van der Waals surface area contributed by atoms with Crippen LogP contribution < -0.4 is 4.74 Å². The summed E-state index contributed by atoms with van der Waals surface area (Å²) in [6.07, 6.45) is 7.63. The second kappa shape index (κ2) is 12.4. The van der Waals surface area contributed by atoms with Crippen molar-refractivity contribution in [3.05, 3.63) is 29.6 Å². The molecule has 2 fully saturated rings. The molecule has 0 bridgehead atoms. The number of imide groups is 1. The Morgan fingerprint density at radius 1 is 1.25 bits per heavy atom. The number of ether oxygens (including phenoxy) is 1. The average molecular weight is 450 g/mol. The summed E-state index contributed by atoms with van der Waals surface area (Å²) in [7, 11) is 3.24. The van der Waals surface area contributed by atoms with Crippen molar-refractivity contribution in [1.29, 1.82) is 0 Å². The van der Waals surface area contributed by atoms with Gasteiger partial charge >= 0.3 is 6.03 Å². The van der Waals surface area contributed by atoms with E-state index < -0.39 is 0 Å². The Labute approximate surface area is 190 Å². The van der Waals surface area contributed by atoms with Crippen LogP contribution in [0.15, 0.2) is 18.2 Å². The third-order valence-electron chi connectivity index (χ3n) is 5.93. The summed E-state index contributed by atoms with van der Waals surface area (Å²) in [6.45, 7) is 5.61. The van der Waals surface area contributed by atoms with E-state index in [1.165, 1.54) is 48.6 Å². The second-order valence-electron chi connectivity index (χ2n) is 8.61. The fraction of sp³-hybridized carbons (Fsp3) is 0.625. The molecule has 1 unspecified atom stereocenters. The van der Waals surface area contributed by atoms with Gasteiger partial charge in [0.05, 0.1) is 12.6 Å². The summed E-state index contributed by atoms with van der Waals surface area (Å²) in [6, 6.07) is 4.52. The summed E-state index contributed by atoms with van der Waals surface area (Å²) < 4.78 is 19.1. The lowest BCUT2D eigenvalue weighted by molar-refractivity contribution is -0.124. The second-order valence-corrected chi connectivity index (χ2v) is 8.61. The molecule has 0 radical (unpaired) electrons. The maximum atomic E-state index is 13.6. The molecule has 1 atom stereocenters. The molecule has 7 nitrogen and oxygen atoms in total. The van der Waals surface area contributed by atoms with Crippen LogP contribution in [0.2, 0.25) is 0 Å². The Morgan fingerprint density at radius 3 is 2.53 bits per heavy atom. The minimum atomic E-state index is -0.347. The standard InChI is InChI=1S/C14H18FNO2.C10H18N2O2/c1-10(16(2)9-17)12-5-6-13(15)14(7-12)18-8-11-3-4-11;1-3-4-5-6-7-12-8-9(13)11(2)10(12)14/h5-7,9-11H,3-4,8H2,1-2H3;3-8H2,1-2H3. The third-order valence-corrected chi connectivity index (χ3v) is 5.93. The molecule has 32 heavy (non-hydrogen) atoms. The average Bonchev–Trinajstić information content (AvgIpc) is 3.59. The zero-order valence-corrected chi connectivity index (χ0v) is 19.7. The van der Waals surface area contributed by atoms with Gasteiger partial charge < -0.3 is 14.5 Å². The first kappa shape index (κ1) is 25.6. The summed E-state index contributed by atoms with van der Waals surface area (Å²) in [5, 5.41) is 0. The normalized spacial score (nSPS) is 16.5. The smallest absolute Gasteiger partial charge is 0.326 e. The van der Waals surface area contributed by atoms with Gasteiger partial charge in [-0.25, -0.2) is 9.18 Å². The van der Waals surface area contributed by atoms with Gasteiger partial charge in [-0.2, -0.15) is 0 Å². The van der Waals surface area contributed by atoms with Gasteiger partial charge in [-0.3, -0.25) is 14.5 Å². The molecule has 1 heterocycles. The number of hydrogen-bond donors (Lipinski definition) is 0. The Kier molecular flexibility index (Phi) is 9.94. The lowest BCUT2D eigenvalue weighted by Crippen LogP contribution is -2.30. The predicted molar refractivity (Wildman–Crippen MR) is 121 cm³/mol. The summed E-state index contributed by atoms with van der Waals surface area (Å²) in [5.74, 6) is 0.430. The fourth-order valence-electron chi connectivity index (χ4n) is 3.27. The van der Waals surface area contributed by atoms with Crippen LogP contribution >= 0.6 is 0 Å². The number of likely N-dealkylation sites (N-methyl/N-ethyl adjacent to an activating group) is 1. The Balaban J connectivity index is 0.000000235. The van der Waals surface area contributed by atoms with Crippen molar-refractivity contribution in [2.45, 2.75) is 58.4 Å². The molecule has 8 heteroatoms. The minimum absolute atomic E-state index is 0.0913. The number of urea groups is 1. The van der Waals surface area contributed by atoms with E-state index in [1.807, 2.05) is 6.92 Å². The van der Waals surface area contributed by atoms with Gasteiger partial charge in [0.15, 0.2) is 11.6 Å². The van der Waals surface area contributed by atoms with Crippen LogP contribution in [0, 0.1) is 11.7 Å². The van der Waals surface area contributed by atoms with Crippen molar-refractivity contribution in [2.75, 3.05) is 33.8 Å². The fourth-order valence-corrected chi connectivity index (χ4v) is 3.27. The maximum absolute atomic E-state index is 13.6. The molecule has 1 aliphatic heterocycles. The Hall–Kier alpha value is -2.64. The molecule has 0 aromatic heterocycles. The van der Waals surface area contributed by atoms with Crippen LogP contribution in [-0.2, 0) is 9.59 Å². The molecule has 0 N–H and O–H groups in total. The summed E-state index contributed by atoms with van der Waals surface area (Å²) in [5.41, 5.74) is 0.872. The molecule has 1 aromatic rings. The van der Waals surface area contributed by atoms with Crippen LogP contribution in [0.5, 0.6) is 5.75 Å². The van der Waals surface area contributed by atoms with E-state index in [-0.39, 0.29) is 36.1 Å². The molecule has 1 aromatic carbocycles. The predicted octanol–water partition coefficient (Wildman–Crippen LogP) is 4.22. The number of rotatable bonds is 11. The number of halogens is 1. The van der Waals surface area contributed by atoms with Crippen LogP contribution in [0.4, 0.5) is 9.18 Å². The van der Waals surface area contributed by atoms with Crippen LogP contribution in [-0.4, -0.2) is 66.8 Å². The van der Waals surface area contributed by atoms with E-state index in [1.54, 1.807) is 24.1 Å². The van der Waals surface area contributed by atoms with Crippen LogP contribution in [0.3, 0.4) is 0 Å². The summed E-state index contributed by atoms with van der Waals surface area (Å²) >= 11 is 0. The van der Waals surface area contributed by atoms with Gasteiger partial charge in [0, 0.05) is 20.6 Å². The van der Waals surface area contributed by atoms with Crippen molar-refractivity contribution in [3.63, 3.8) is 0 Å². The van der Waals surface area contributed by atoms with Gasteiger partial charge in [0.2, 0.25) is 12.3 Å². The lowest BCUT2D eigenvalue weighted by atomic mass is 10.1. The van der Waals surface area contributed by atoms with Gasteiger partial charge in [-0.15, -0.1) is 0 Å². The molecule has 1 saturated carbocycles. The van der Waals surface area contributed by atoms with Crippen LogP contribution in [0.1, 0.15) is 64.0 Å². The van der Waals surface area contributed by atoms with Gasteiger partial charge in [0.1, 0.15) is 6.54 Å². The highest BCUT2D eigenvalue weighted by Crippen LogP contribution is 2.31. The molecule has 1 aliphatic carbocycles. The first-order chi connectivity index (χ1) is 15.3. The highest BCUT2D eigenvalue weighted by atomic mass is 19.1. The molecule has 178 valence electrons. The van der Waals surface area contributed by atoms with Crippen molar-refractivity contribution in [1.82, 2.24) is 14.7 Å². The SMILES string of the molecule is CC(c1ccc(F)c(OCC2CC2)c1)N(C)C=O.CCCCCCN1CC(=O)N(C)C1=O. The molecule has 1 saturated heterocycles.